The highest BCUT2D eigenvalue weighted by Gasteiger charge is 2.42. The van der Waals surface area contributed by atoms with E-state index in [9.17, 15) is 38.1 Å². The van der Waals surface area contributed by atoms with Crippen molar-refractivity contribution < 1.29 is 51.6 Å². The minimum Gasteiger partial charge on any atom is -0.507 e. The number of methoxy groups -OCH3 is 1. The van der Waals surface area contributed by atoms with E-state index in [4.69, 9.17) is 9.29 Å². The van der Waals surface area contributed by atoms with Gasteiger partial charge in [0.15, 0.2) is 28.8 Å². The van der Waals surface area contributed by atoms with Gasteiger partial charge in [0.1, 0.15) is 11.5 Å². The number of aromatic hydroxyl groups is 3. The molecule has 4 N–H and O–H groups in total. The number of phenolic OH excluding ortho intramolecular Hbond substituents is 3. The number of phenols is 3. The summed E-state index contributed by atoms with van der Waals surface area (Å²) in [5, 5.41) is 31.0. The Kier molecular flexibility index (Phi) is 5.38. The number of ether oxygens (including phenoxy) is 1. The van der Waals surface area contributed by atoms with Crippen molar-refractivity contribution in [3.63, 3.8) is 0 Å². The maximum Gasteiger partial charge on any atom is 0.446 e. The number of hydrogen-bond donors (Lipinski definition) is 4. The number of hydrogen-bond acceptors (Lipinski definition) is 10. The Labute approximate surface area is 175 Å². The molecule has 0 saturated heterocycles. The lowest BCUT2D eigenvalue weighted by Gasteiger charge is -2.24. The van der Waals surface area contributed by atoms with Crippen LogP contribution in [0.1, 0.15) is 62.0 Å². The summed E-state index contributed by atoms with van der Waals surface area (Å²) in [4.78, 5) is 39.1. The molecule has 31 heavy (non-hydrogen) atoms. The van der Waals surface area contributed by atoms with E-state index < -0.39 is 78.6 Å². The van der Waals surface area contributed by atoms with E-state index in [1.165, 1.54) is 0 Å². The van der Waals surface area contributed by atoms with E-state index in [1.807, 2.05) is 0 Å². The molecule has 0 spiro atoms. The molecule has 0 aliphatic heterocycles. The Bertz CT molecular complexity index is 1260. The normalized spacial score (nSPS) is 12.9. The zero-order chi connectivity index (χ0) is 23.2. The molecule has 0 bridgehead atoms. The van der Waals surface area contributed by atoms with E-state index in [0.29, 0.717) is 6.07 Å². The first-order chi connectivity index (χ1) is 14.4. The van der Waals surface area contributed by atoms with Crippen LogP contribution < -0.4 is 8.92 Å². The fourth-order valence-electron chi connectivity index (χ4n) is 3.40. The predicted molar refractivity (Wildman–Crippen MR) is 103 cm³/mol. The minimum atomic E-state index is -5.18. The van der Waals surface area contributed by atoms with Crippen molar-refractivity contribution in [1.29, 1.82) is 0 Å². The molecule has 0 fully saturated rings. The summed E-state index contributed by atoms with van der Waals surface area (Å²) in [7, 11) is -4.05. The lowest BCUT2D eigenvalue weighted by atomic mass is 9.79. The third-order valence-electron chi connectivity index (χ3n) is 4.59. The summed E-state index contributed by atoms with van der Waals surface area (Å²) in [6, 6.07) is 1.48. The maximum atomic E-state index is 13.3. The van der Waals surface area contributed by atoms with Gasteiger partial charge in [-0.3, -0.25) is 18.9 Å². The molecule has 3 rings (SSSR count). The molecule has 0 atom stereocenters. The first kappa shape index (κ1) is 22.1. The summed E-state index contributed by atoms with van der Waals surface area (Å²) >= 11 is 0. The number of carbonyl (C=O) groups excluding carboxylic acids is 3. The molecule has 2 aromatic rings. The highest BCUT2D eigenvalue weighted by Crippen LogP contribution is 2.47. The van der Waals surface area contributed by atoms with Gasteiger partial charge >= 0.3 is 10.4 Å². The molecule has 11 nitrogen and oxygen atoms in total. The Morgan fingerprint density at radius 2 is 1.45 bits per heavy atom. The topological polar surface area (TPSA) is 185 Å². The average Bonchev–Trinajstić information content (AvgIpc) is 2.65. The second kappa shape index (κ2) is 7.56. The van der Waals surface area contributed by atoms with Gasteiger partial charge in [-0.1, -0.05) is 6.92 Å². The van der Waals surface area contributed by atoms with Crippen LogP contribution in [0.5, 0.6) is 28.7 Å². The van der Waals surface area contributed by atoms with Crippen LogP contribution in [0.2, 0.25) is 0 Å². The van der Waals surface area contributed by atoms with E-state index in [1.54, 1.807) is 6.92 Å². The van der Waals surface area contributed by atoms with Crippen LogP contribution in [0.4, 0.5) is 0 Å². The van der Waals surface area contributed by atoms with Gasteiger partial charge in [-0.25, -0.2) is 0 Å². The van der Waals surface area contributed by atoms with Crippen molar-refractivity contribution in [3.05, 3.63) is 39.9 Å². The highest BCUT2D eigenvalue weighted by atomic mass is 32.3. The van der Waals surface area contributed by atoms with Gasteiger partial charge in [-0.05, 0) is 6.42 Å². The van der Waals surface area contributed by atoms with Gasteiger partial charge in [0, 0.05) is 18.6 Å². The Hall–Kier alpha value is -3.64. The molecule has 164 valence electrons. The predicted octanol–water partition coefficient (Wildman–Crippen LogP) is 1.75. The summed E-state index contributed by atoms with van der Waals surface area (Å²) in [5.41, 5.74) is -3.46. The van der Waals surface area contributed by atoms with Gasteiger partial charge in [-0.2, -0.15) is 8.42 Å². The monoisotopic (exact) mass is 452 g/mol. The van der Waals surface area contributed by atoms with Gasteiger partial charge in [0.05, 0.1) is 34.9 Å². The van der Waals surface area contributed by atoms with Crippen molar-refractivity contribution in [2.24, 2.45) is 0 Å². The molecule has 0 heterocycles. The summed E-state index contributed by atoms with van der Waals surface area (Å²) in [6.45, 7) is 1.62. The number of benzene rings is 2. The van der Waals surface area contributed by atoms with Crippen LogP contribution in [0.15, 0.2) is 12.1 Å². The zero-order valence-corrected chi connectivity index (χ0v) is 16.9. The Morgan fingerprint density at radius 1 is 0.935 bits per heavy atom. The molecular weight excluding hydrogens is 436 g/mol. The van der Waals surface area contributed by atoms with E-state index >= 15 is 0 Å². The molecular formula is C19H16O11S. The van der Waals surface area contributed by atoms with Crippen LogP contribution in [0.25, 0.3) is 0 Å². The quantitative estimate of drug-likeness (QED) is 0.243. The Morgan fingerprint density at radius 3 is 1.97 bits per heavy atom. The number of Topliss-reactive ketones (excluding diaryl/α,β-unsaturated/α-hetero) is 1. The molecule has 0 unspecified atom stereocenters. The molecule has 0 radical (unpaired) electrons. The van der Waals surface area contributed by atoms with Crippen molar-refractivity contribution in [1.82, 2.24) is 0 Å². The second-order valence-electron chi connectivity index (χ2n) is 6.56. The largest absolute Gasteiger partial charge is 0.507 e. The third-order valence-corrected chi connectivity index (χ3v) is 4.98. The Balaban J connectivity index is 2.46. The van der Waals surface area contributed by atoms with Gasteiger partial charge in [-0.15, -0.1) is 0 Å². The molecule has 1 aliphatic carbocycles. The lowest BCUT2D eigenvalue weighted by Crippen LogP contribution is -2.25. The van der Waals surface area contributed by atoms with Gasteiger partial charge < -0.3 is 24.2 Å². The standard InChI is InChI=1S/C19H16O11S/c1-3-4-7(20)12-10(30-31(26,27)28)5-8(21)13-15(12)19(25)16-14(18(13)24)9(22)6-11(29-2)17(16)23/h5-6,21-23H,3-4H2,1-2H3,(H,26,27,28). The highest BCUT2D eigenvalue weighted by molar-refractivity contribution is 7.81. The lowest BCUT2D eigenvalue weighted by molar-refractivity contribution is 0.0950. The van der Waals surface area contributed by atoms with Crippen LogP contribution in [0, 0.1) is 0 Å². The maximum absolute atomic E-state index is 13.3. The summed E-state index contributed by atoms with van der Waals surface area (Å²) in [5.74, 6) is -6.82. The fraction of sp³-hybridized carbons (Fsp3) is 0.211. The number of ketones is 3. The van der Waals surface area contributed by atoms with Crippen molar-refractivity contribution >= 4 is 27.7 Å². The smallest absolute Gasteiger partial charge is 0.446 e. The summed E-state index contributed by atoms with van der Waals surface area (Å²) in [6.07, 6.45) is 0.0567. The van der Waals surface area contributed by atoms with Crippen LogP contribution >= 0.6 is 0 Å². The number of carbonyl (C=O) groups is 3. The van der Waals surface area contributed by atoms with Crippen molar-refractivity contribution in [3.8, 4) is 28.7 Å². The molecule has 1 aliphatic rings. The van der Waals surface area contributed by atoms with E-state index in [-0.39, 0.29) is 18.6 Å². The molecule has 0 saturated carbocycles. The molecule has 12 heteroatoms. The first-order valence-corrected chi connectivity index (χ1v) is 10.1. The second-order valence-corrected chi connectivity index (χ2v) is 7.58. The average molecular weight is 452 g/mol. The van der Waals surface area contributed by atoms with Crippen LogP contribution in [-0.2, 0) is 10.4 Å². The minimum absolute atomic E-state index is 0.206. The number of rotatable bonds is 6. The van der Waals surface area contributed by atoms with Crippen molar-refractivity contribution in [2.75, 3.05) is 7.11 Å². The van der Waals surface area contributed by atoms with Crippen LogP contribution in [-0.4, -0.2) is 52.7 Å². The summed E-state index contributed by atoms with van der Waals surface area (Å²) < 4.78 is 40.7. The van der Waals surface area contributed by atoms with Gasteiger partial charge in [0.2, 0.25) is 5.78 Å². The molecule has 0 amide bonds. The fourth-order valence-corrected chi connectivity index (χ4v) is 3.76. The number of fused-ring (bicyclic) bond motifs is 2. The molecule has 2 aromatic carbocycles. The SMILES string of the molecule is CCCC(=O)c1c(OS(=O)(=O)O)cc(O)c2c1C(=O)c1c(O)c(OC)cc(O)c1C2=O. The van der Waals surface area contributed by atoms with Crippen LogP contribution in [0.3, 0.4) is 0 Å². The third kappa shape index (κ3) is 3.55. The van der Waals surface area contributed by atoms with Gasteiger partial charge in [0.25, 0.3) is 0 Å². The van der Waals surface area contributed by atoms with E-state index in [2.05, 4.69) is 4.18 Å². The van der Waals surface area contributed by atoms with E-state index in [0.717, 1.165) is 13.2 Å². The zero-order valence-electron chi connectivity index (χ0n) is 16.1. The first-order valence-electron chi connectivity index (χ1n) is 8.75. The molecule has 0 aromatic heterocycles. The van der Waals surface area contributed by atoms with Crippen molar-refractivity contribution in [2.45, 2.75) is 19.8 Å².